The van der Waals surface area contributed by atoms with Gasteiger partial charge >= 0.3 is 0 Å². The van der Waals surface area contributed by atoms with E-state index in [2.05, 4.69) is 114 Å². The van der Waals surface area contributed by atoms with Gasteiger partial charge in [-0.25, -0.2) is 0 Å². The maximum absolute atomic E-state index is 14.9. The first-order chi connectivity index (χ1) is 50.4. The fraction of sp³-hybridized carbons (Fsp3) is 0.655. The van der Waals surface area contributed by atoms with Gasteiger partial charge in [-0.1, -0.05) is 0 Å². The number of nitrogens with one attached hydrogen (secondary N) is 27. The molecule has 49 heteroatoms. The molecule has 0 saturated carbocycles. The van der Waals surface area contributed by atoms with E-state index in [1.807, 2.05) is 0 Å². The fourth-order valence-corrected chi connectivity index (χ4v) is 9.98. The summed E-state index contributed by atoms with van der Waals surface area (Å²) >= 11 is 4.08. The topological polar surface area (TPSA) is 858 Å². The highest BCUT2D eigenvalue weighted by Gasteiger charge is 2.36. The van der Waals surface area contributed by atoms with E-state index in [-0.39, 0.29) is 167 Å². The molecule has 0 saturated heterocycles. The van der Waals surface area contributed by atoms with E-state index < -0.39 is 180 Å². The van der Waals surface area contributed by atoms with E-state index >= 15 is 0 Å². The van der Waals surface area contributed by atoms with Crippen LogP contribution in [0.1, 0.15) is 117 Å². The van der Waals surface area contributed by atoms with Crippen LogP contribution in [0.3, 0.4) is 0 Å². The second-order valence-corrected chi connectivity index (χ2v) is 24.6. The van der Waals surface area contributed by atoms with Gasteiger partial charge in [0.15, 0.2) is 47.7 Å². The minimum Gasteiger partial charge on any atom is -0.370 e. The summed E-state index contributed by atoms with van der Waals surface area (Å²) in [6.07, 6.45) is -1.36. The number of primary amides is 1. The number of nitrogens with two attached hydrogens (primary N) is 9. The lowest BCUT2D eigenvalue weighted by atomic mass is 10.0. The Hall–Kier alpha value is -11.8. The van der Waals surface area contributed by atoms with Gasteiger partial charge in [0.05, 0.1) is 6.54 Å². The van der Waals surface area contributed by atoms with Gasteiger partial charge in [0, 0.05) is 65.0 Å². The van der Waals surface area contributed by atoms with E-state index in [0.29, 0.717) is 0 Å². The van der Waals surface area contributed by atoms with Crippen molar-refractivity contribution in [3.63, 3.8) is 0 Å². The van der Waals surface area contributed by atoms with E-state index in [0.717, 1.165) is 0 Å². The number of carbonyl (C=O) groups excluding carboxylic acids is 12. The van der Waals surface area contributed by atoms with Gasteiger partial charge in [-0.3, -0.25) is 101 Å². The SMILES string of the molecule is CC(=O)N[C@@H](C)C(=O)NCC(=O)N[C@H](CCCNC(=N)N)C(=O)N[C@H](CCCNC(=N)N)C(=O)N[C@H](CCCNC(=N)N)C(=O)N[C@H](CCCNC(=N)N)C(=O)N[C@H](CCCNC(=N)N)C(=O)N[C@H](CCCNC(=N)N)C(=O)N[C@H](CCCNC(=N)N)C(=O)N[C@H](CCCNC(=N)N)C(=O)NC(CS)C(N)=O. The molecular formula is C58H114N36O12S. The third-order valence-electron chi connectivity index (χ3n) is 15.0. The van der Waals surface area contributed by atoms with Crippen LogP contribution in [0.15, 0.2) is 0 Å². The summed E-state index contributed by atoms with van der Waals surface area (Å²) in [5.41, 5.74) is 49.5. The van der Waals surface area contributed by atoms with Crippen LogP contribution in [0.5, 0.6) is 0 Å². The van der Waals surface area contributed by atoms with Crippen LogP contribution in [-0.2, 0) is 57.5 Å². The normalized spacial score (nSPS) is 13.4. The van der Waals surface area contributed by atoms with Gasteiger partial charge in [-0.05, 0) is 110 Å². The van der Waals surface area contributed by atoms with Gasteiger partial charge in [0.2, 0.25) is 70.9 Å². The van der Waals surface area contributed by atoms with Crippen molar-refractivity contribution in [3.8, 4) is 0 Å². The molecule has 12 amide bonds. The van der Waals surface area contributed by atoms with Gasteiger partial charge in [0.25, 0.3) is 0 Å². The predicted molar refractivity (Wildman–Crippen MR) is 400 cm³/mol. The standard InChI is InChI=1S/C58H114N36O12S/c1-29(85-30(2)95)42(98)84-27-40(96)86-31(11-3-19-76-51(60)61)43(99)87-32(12-4-20-77-52(62)63)44(100)88-33(13-5-21-78-53(64)65)45(101)89-34(14-6-22-79-54(66)67)46(102)90-35(15-7-23-80-55(68)69)47(103)91-36(16-8-24-81-56(70)71)48(104)92-37(17-9-25-82-57(72)73)49(105)93-38(18-10-26-83-58(74)75)50(106)94-39(28-107)41(59)97/h29,31-39,107H,3-28H2,1-2H3,(H2,59,97)(H,84,98)(H,85,95)(H,86,96)(H,87,99)(H,88,100)(H,89,101)(H,90,102)(H,91,103)(H,92,104)(H,93,105)(H,94,106)(H4,60,61,76)(H4,62,63,77)(H4,64,65,78)(H4,66,67,79)(H4,68,69,80)(H4,70,71,81)(H4,72,73,82)(H4,74,75,83)/t29-,31+,32+,33+,34+,35+,36+,37+,38+,39?/m0/s1. The molecule has 0 bridgehead atoms. The van der Waals surface area contributed by atoms with E-state index in [1.54, 1.807) is 0 Å². The summed E-state index contributed by atoms with van der Waals surface area (Å²) < 4.78 is 0. The molecule has 45 N–H and O–H groups in total. The first-order valence-electron chi connectivity index (χ1n) is 34.2. The molecule has 0 aliphatic heterocycles. The molecule has 0 radical (unpaired) electrons. The lowest BCUT2D eigenvalue weighted by molar-refractivity contribution is -0.136. The Morgan fingerprint density at radius 2 is 0.449 bits per heavy atom. The number of hydrogen-bond acceptors (Lipinski definition) is 21. The zero-order chi connectivity index (χ0) is 81.1. The van der Waals surface area contributed by atoms with Crippen molar-refractivity contribution in [2.45, 2.75) is 177 Å². The lowest BCUT2D eigenvalue weighted by Crippen LogP contribution is -2.60. The fourth-order valence-electron chi connectivity index (χ4n) is 9.71. The lowest BCUT2D eigenvalue weighted by Gasteiger charge is -2.28. The first-order valence-corrected chi connectivity index (χ1v) is 34.8. The molecule has 0 aromatic rings. The van der Waals surface area contributed by atoms with Gasteiger partial charge in [0.1, 0.15) is 60.4 Å². The summed E-state index contributed by atoms with van der Waals surface area (Å²) in [4.78, 5) is 166. The van der Waals surface area contributed by atoms with Gasteiger partial charge < -0.3 is 153 Å². The van der Waals surface area contributed by atoms with E-state index in [1.165, 1.54) is 13.8 Å². The van der Waals surface area contributed by atoms with Gasteiger partial charge in [-0.15, -0.1) is 0 Å². The highest BCUT2D eigenvalue weighted by atomic mass is 32.1. The molecule has 0 heterocycles. The van der Waals surface area contributed by atoms with Crippen molar-refractivity contribution >= 4 is 131 Å². The molecule has 10 atom stereocenters. The number of hydrogen-bond donors (Lipinski definition) is 37. The number of amides is 12. The number of rotatable bonds is 55. The molecule has 604 valence electrons. The molecule has 0 aromatic carbocycles. The average molecular weight is 1540 g/mol. The Morgan fingerprint density at radius 3 is 0.607 bits per heavy atom. The Morgan fingerprint density at radius 1 is 0.271 bits per heavy atom. The van der Waals surface area contributed by atoms with E-state index in [9.17, 15) is 57.5 Å². The van der Waals surface area contributed by atoms with Crippen LogP contribution >= 0.6 is 12.6 Å². The maximum Gasteiger partial charge on any atom is 0.243 e. The first kappa shape index (κ1) is 95.2. The predicted octanol–water partition coefficient (Wildman–Crippen LogP) is -12.5. The molecule has 0 fully saturated rings. The van der Waals surface area contributed by atoms with Crippen molar-refractivity contribution < 1.29 is 57.5 Å². The second kappa shape index (κ2) is 53.9. The van der Waals surface area contributed by atoms with Crippen LogP contribution in [0.2, 0.25) is 0 Å². The highest BCUT2D eigenvalue weighted by molar-refractivity contribution is 7.80. The molecule has 0 aliphatic rings. The molecule has 1 unspecified atom stereocenters. The van der Waals surface area contributed by atoms with Crippen LogP contribution in [0.25, 0.3) is 0 Å². The van der Waals surface area contributed by atoms with Crippen molar-refractivity contribution in [3.05, 3.63) is 0 Å². The number of carbonyl (C=O) groups is 12. The third kappa shape index (κ3) is 46.5. The van der Waals surface area contributed by atoms with Gasteiger partial charge in [-0.2, -0.15) is 12.6 Å². The average Bonchev–Trinajstić information content (AvgIpc) is 0.862. The van der Waals surface area contributed by atoms with Crippen LogP contribution in [0, 0.1) is 43.3 Å². The largest absolute Gasteiger partial charge is 0.370 e. The number of guanidine groups is 8. The van der Waals surface area contributed by atoms with E-state index in [4.69, 9.17) is 94.9 Å². The Bertz CT molecular complexity index is 3040. The smallest absolute Gasteiger partial charge is 0.243 e. The summed E-state index contributed by atoms with van der Waals surface area (Å²) in [5, 5.41) is 110. The van der Waals surface area contributed by atoms with Crippen LogP contribution in [-0.4, -0.2) is 244 Å². The summed E-state index contributed by atoms with van der Waals surface area (Å²) in [6.45, 7) is 1.83. The molecule has 0 rings (SSSR count). The minimum absolute atomic E-state index is 0.00437. The highest BCUT2D eigenvalue weighted by Crippen LogP contribution is 2.11. The van der Waals surface area contributed by atoms with Crippen molar-refractivity contribution in [1.29, 1.82) is 43.3 Å². The van der Waals surface area contributed by atoms with Crippen molar-refractivity contribution in [2.75, 3.05) is 64.7 Å². The minimum atomic E-state index is -1.62. The zero-order valence-corrected chi connectivity index (χ0v) is 61.1. The molecule has 48 nitrogen and oxygen atoms in total. The molecule has 0 aromatic heterocycles. The Labute approximate surface area is 624 Å². The molecule has 0 spiro atoms. The quantitative estimate of drug-likeness (QED) is 0.0116. The van der Waals surface area contributed by atoms with Crippen molar-refractivity contribution in [2.24, 2.45) is 51.6 Å². The molecule has 107 heavy (non-hydrogen) atoms. The summed E-state index contributed by atoms with van der Waals surface area (Å²) in [7, 11) is 0. The molecular weight excluding hydrogens is 1420 g/mol. The van der Waals surface area contributed by atoms with Crippen molar-refractivity contribution in [1.82, 2.24) is 101 Å². The third-order valence-corrected chi connectivity index (χ3v) is 15.4. The Balaban J connectivity index is 7.85. The second-order valence-electron chi connectivity index (χ2n) is 24.2. The maximum atomic E-state index is 14.9. The summed E-state index contributed by atoms with van der Waals surface area (Å²) in [6, 6.07) is -14.6. The summed E-state index contributed by atoms with van der Waals surface area (Å²) in [5.74, 6) is -14.6. The Kier molecular flexibility index (Phi) is 47.9. The number of thiol groups is 1. The van der Waals surface area contributed by atoms with Crippen LogP contribution in [0.4, 0.5) is 0 Å². The monoisotopic (exact) mass is 1540 g/mol. The van der Waals surface area contributed by atoms with Crippen LogP contribution < -0.4 is 153 Å². The zero-order valence-electron chi connectivity index (χ0n) is 60.2. The molecule has 0 aliphatic carbocycles.